The molecule has 0 spiro atoms. The van der Waals surface area contributed by atoms with Crippen LogP contribution in [0.1, 0.15) is 20.0 Å². The van der Waals surface area contributed by atoms with E-state index in [-0.39, 0.29) is 5.91 Å². The molecule has 0 bridgehead atoms. The van der Waals surface area contributed by atoms with Crippen LogP contribution in [-0.4, -0.2) is 18.9 Å². The number of carbonyl (C=O) groups excluding carboxylic acids is 2. The largest absolute Gasteiger partial charge is 0.495 e. The third-order valence-electron chi connectivity index (χ3n) is 2.56. The molecule has 2 aromatic rings. The summed E-state index contributed by atoms with van der Waals surface area (Å²) in [6.07, 6.45) is 0. The number of benzene rings is 1. The van der Waals surface area contributed by atoms with Crippen molar-refractivity contribution in [2.24, 2.45) is 5.73 Å². The summed E-state index contributed by atoms with van der Waals surface area (Å²) in [5.74, 6) is -0.400. The molecule has 2 rings (SSSR count). The SMILES string of the molecule is COc1ccc(C(N)=O)cc1NC(=O)c1sccc1Br. The van der Waals surface area contributed by atoms with Gasteiger partial charge in [0.15, 0.2) is 0 Å². The molecule has 2 amide bonds. The van der Waals surface area contributed by atoms with E-state index in [0.29, 0.717) is 26.4 Å². The van der Waals surface area contributed by atoms with Crippen LogP contribution in [0.4, 0.5) is 5.69 Å². The first-order valence-corrected chi connectivity index (χ1v) is 7.22. The molecule has 0 saturated carbocycles. The van der Waals surface area contributed by atoms with Gasteiger partial charge in [-0.1, -0.05) is 0 Å². The smallest absolute Gasteiger partial charge is 0.266 e. The monoisotopic (exact) mass is 354 g/mol. The average Bonchev–Trinajstić information content (AvgIpc) is 2.84. The quantitative estimate of drug-likeness (QED) is 0.885. The van der Waals surface area contributed by atoms with Crippen molar-refractivity contribution in [3.8, 4) is 5.75 Å². The number of hydrogen-bond acceptors (Lipinski definition) is 4. The van der Waals surface area contributed by atoms with E-state index in [4.69, 9.17) is 10.5 Å². The molecule has 0 radical (unpaired) electrons. The van der Waals surface area contributed by atoms with Gasteiger partial charge in [0.2, 0.25) is 5.91 Å². The maximum Gasteiger partial charge on any atom is 0.266 e. The number of halogens is 1. The molecule has 0 aliphatic rings. The van der Waals surface area contributed by atoms with Crippen molar-refractivity contribution in [3.63, 3.8) is 0 Å². The van der Waals surface area contributed by atoms with Gasteiger partial charge in [0.1, 0.15) is 10.6 Å². The second-order valence-electron chi connectivity index (χ2n) is 3.83. The second kappa shape index (κ2) is 6.06. The topological polar surface area (TPSA) is 81.4 Å². The predicted octanol–water partition coefficient (Wildman–Crippen LogP) is 2.87. The molecular weight excluding hydrogens is 344 g/mol. The lowest BCUT2D eigenvalue weighted by atomic mass is 10.1. The molecule has 3 N–H and O–H groups in total. The first-order valence-electron chi connectivity index (χ1n) is 5.55. The van der Waals surface area contributed by atoms with E-state index in [9.17, 15) is 9.59 Å². The zero-order valence-corrected chi connectivity index (χ0v) is 12.9. The Balaban J connectivity index is 2.32. The fourth-order valence-corrected chi connectivity index (χ4v) is 3.04. The van der Waals surface area contributed by atoms with Crippen LogP contribution in [0.2, 0.25) is 0 Å². The molecular formula is C13H11BrN2O3S. The Morgan fingerprint density at radius 3 is 2.65 bits per heavy atom. The van der Waals surface area contributed by atoms with E-state index < -0.39 is 5.91 Å². The maximum absolute atomic E-state index is 12.1. The molecule has 0 unspecified atom stereocenters. The lowest BCUT2D eigenvalue weighted by Crippen LogP contribution is -2.14. The number of ether oxygens (including phenoxy) is 1. The molecule has 104 valence electrons. The van der Waals surface area contributed by atoms with Crippen molar-refractivity contribution in [2.75, 3.05) is 12.4 Å². The van der Waals surface area contributed by atoms with Crippen LogP contribution in [-0.2, 0) is 0 Å². The molecule has 7 heteroatoms. The van der Waals surface area contributed by atoms with E-state index in [0.717, 1.165) is 0 Å². The van der Waals surface area contributed by atoms with Crippen LogP contribution in [0.15, 0.2) is 34.1 Å². The van der Waals surface area contributed by atoms with Gasteiger partial charge < -0.3 is 15.8 Å². The molecule has 1 heterocycles. The van der Waals surface area contributed by atoms with Crippen molar-refractivity contribution in [1.29, 1.82) is 0 Å². The van der Waals surface area contributed by atoms with Gasteiger partial charge >= 0.3 is 0 Å². The van der Waals surface area contributed by atoms with Gasteiger partial charge in [-0.15, -0.1) is 11.3 Å². The fourth-order valence-electron chi connectivity index (χ4n) is 1.59. The Labute approximate surface area is 127 Å². The molecule has 5 nitrogen and oxygen atoms in total. The minimum absolute atomic E-state index is 0.285. The first-order chi connectivity index (χ1) is 9.52. The van der Waals surface area contributed by atoms with E-state index in [1.807, 2.05) is 0 Å². The summed E-state index contributed by atoms with van der Waals surface area (Å²) in [4.78, 5) is 23.9. The third-order valence-corrected chi connectivity index (χ3v) is 4.39. The van der Waals surface area contributed by atoms with Gasteiger partial charge in [-0.25, -0.2) is 0 Å². The summed E-state index contributed by atoms with van der Waals surface area (Å²) in [6.45, 7) is 0. The lowest BCUT2D eigenvalue weighted by molar-refractivity contribution is 0.0996. The standard InChI is InChI=1S/C13H11BrN2O3S/c1-19-10-3-2-7(12(15)17)6-9(10)16-13(18)11-8(14)4-5-20-11/h2-6H,1H3,(H2,15,17)(H,16,18). The fraction of sp³-hybridized carbons (Fsp3) is 0.0769. The highest BCUT2D eigenvalue weighted by molar-refractivity contribution is 9.10. The number of rotatable bonds is 4. The highest BCUT2D eigenvalue weighted by Gasteiger charge is 2.15. The number of nitrogens with two attached hydrogens (primary N) is 1. The second-order valence-corrected chi connectivity index (χ2v) is 5.60. The van der Waals surface area contributed by atoms with Crippen LogP contribution in [0.5, 0.6) is 5.75 Å². The highest BCUT2D eigenvalue weighted by atomic mass is 79.9. The summed E-state index contributed by atoms with van der Waals surface area (Å²) >= 11 is 4.61. The van der Waals surface area contributed by atoms with Crippen LogP contribution < -0.4 is 15.8 Å². The minimum atomic E-state index is -0.569. The van der Waals surface area contributed by atoms with Crippen LogP contribution in [0.3, 0.4) is 0 Å². The normalized spacial score (nSPS) is 10.1. The van der Waals surface area contributed by atoms with Crippen molar-refractivity contribution < 1.29 is 14.3 Å². The van der Waals surface area contributed by atoms with Crippen LogP contribution in [0.25, 0.3) is 0 Å². The van der Waals surface area contributed by atoms with Crippen molar-refractivity contribution in [1.82, 2.24) is 0 Å². The first kappa shape index (κ1) is 14.5. The molecule has 0 aliphatic carbocycles. The number of methoxy groups -OCH3 is 1. The zero-order chi connectivity index (χ0) is 14.7. The Hall–Kier alpha value is -1.86. The van der Waals surface area contributed by atoms with E-state index >= 15 is 0 Å². The zero-order valence-electron chi connectivity index (χ0n) is 10.5. The summed E-state index contributed by atoms with van der Waals surface area (Å²) in [6, 6.07) is 6.40. The molecule has 1 aromatic heterocycles. The average molecular weight is 355 g/mol. The number of primary amides is 1. The summed E-state index contributed by atoms with van der Waals surface area (Å²) < 4.78 is 5.87. The van der Waals surface area contributed by atoms with Gasteiger partial charge in [-0.05, 0) is 45.6 Å². The number of amides is 2. The van der Waals surface area contributed by atoms with E-state index in [1.54, 1.807) is 17.5 Å². The molecule has 1 aromatic carbocycles. The number of carbonyl (C=O) groups is 2. The van der Waals surface area contributed by atoms with Crippen LogP contribution in [0, 0.1) is 0 Å². The Morgan fingerprint density at radius 1 is 1.35 bits per heavy atom. The summed E-state index contributed by atoms with van der Waals surface area (Å²) in [5.41, 5.74) is 5.92. The predicted molar refractivity (Wildman–Crippen MR) is 81.5 cm³/mol. The van der Waals surface area contributed by atoms with Gasteiger partial charge in [0.25, 0.3) is 5.91 Å². The van der Waals surface area contributed by atoms with E-state index in [1.165, 1.54) is 30.6 Å². The van der Waals surface area contributed by atoms with Gasteiger partial charge in [-0.2, -0.15) is 0 Å². The summed E-state index contributed by atoms with van der Waals surface area (Å²) in [7, 11) is 1.48. The highest BCUT2D eigenvalue weighted by Crippen LogP contribution is 2.28. The van der Waals surface area contributed by atoms with Gasteiger partial charge in [0.05, 0.1) is 12.8 Å². The maximum atomic E-state index is 12.1. The van der Waals surface area contributed by atoms with Crippen molar-refractivity contribution in [3.05, 3.63) is 44.6 Å². The van der Waals surface area contributed by atoms with Crippen LogP contribution >= 0.6 is 27.3 Å². The number of nitrogens with one attached hydrogen (secondary N) is 1. The lowest BCUT2D eigenvalue weighted by Gasteiger charge is -2.10. The number of anilines is 1. The van der Waals surface area contributed by atoms with Crippen molar-refractivity contribution in [2.45, 2.75) is 0 Å². The Kier molecular flexibility index (Phi) is 4.41. The number of thiophene rings is 1. The number of hydrogen-bond donors (Lipinski definition) is 2. The third kappa shape index (κ3) is 3.00. The molecule has 0 aliphatic heterocycles. The molecule has 20 heavy (non-hydrogen) atoms. The van der Waals surface area contributed by atoms with Gasteiger partial charge in [0, 0.05) is 10.0 Å². The minimum Gasteiger partial charge on any atom is -0.495 e. The van der Waals surface area contributed by atoms with E-state index in [2.05, 4.69) is 21.2 Å². The molecule has 0 saturated heterocycles. The van der Waals surface area contributed by atoms with Gasteiger partial charge in [-0.3, -0.25) is 9.59 Å². The summed E-state index contributed by atoms with van der Waals surface area (Å²) in [5, 5.41) is 4.51. The molecule has 0 fully saturated rings. The van der Waals surface area contributed by atoms with Crippen molar-refractivity contribution >= 4 is 44.8 Å². The Bertz CT molecular complexity index is 669. The molecule has 0 atom stereocenters. The Morgan fingerprint density at radius 2 is 2.10 bits per heavy atom.